The molecule has 36 heavy (non-hydrogen) atoms. The van der Waals surface area contributed by atoms with Gasteiger partial charge in [0.25, 0.3) is 0 Å². The lowest BCUT2D eigenvalue weighted by Gasteiger charge is -2.44. The third-order valence-corrected chi connectivity index (χ3v) is 6.63. The van der Waals surface area contributed by atoms with Crippen molar-refractivity contribution >= 4 is 5.91 Å². The number of nitrogens with one attached hydrogen (secondary N) is 1. The van der Waals surface area contributed by atoms with Gasteiger partial charge in [-0.3, -0.25) is 14.7 Å². The maximum atomic E-state index is 13.2. The minimum absolute atomic E-state index is 0.0875. The Hall–Kier alpha value is -2.53. The predicted molar refractivity (Wildman–Crippen MR) is 126 cm³/mol. The minimum Gasteiger partial charge on any atom is -0.389 e. The van der Waals surface area contributed by atoms with Crippen LogP contribution in [0.15, 0.2) is 48.8 Å². The summed E-state index contributed by atoms with van der Waals surface area (Å²) in [5, 5.41) is 13.3. The number of aliphatic hydroxyl groups is 1. The zero-order valence-electron chi connectivity index (χ0n) is 20.0. The number of aromatic nitrogens is 1. The molecule has 0 aliphatic carbocycles. The maximum Gasteiger partial charge on any atom is 0.416 e. The van der Waals surface area contributed by atoms with Crippen LogP contribution in [-0.2, 0) is 33.4 Å². The number of β-amino-alcohol motifs (C(OH)–C–C–N with tert-alkyl or cyclic N) is 1. The molecule has 1 aromatic heterocycles. The summed E-state index contributed by atoms with van der Waals surface area (Å²) in [4.78, 5) is 18.4. The summed E-state index contributed by atoms with van der Waals surface area (Å²) in [6.07, 6.45) is -0.0692. The molecular weight excluding hydrogens is 475 g/mol. The van der Waals surface area contributed by atoms with E-state index in [-0.39, 0.29) is 56.9 Å². The van der Waals surface area contributed by atoms with Gasteiger partial charge in [0, 0.05) is 38.1 Å². The van der Waals surface area contributed by atoms with Crippen LogP contribution < -0.4 is 5.32 Å². The summed E-state index contributed by atoms with van der Waals surface area (Å²) in [5.74, 6) is -0.0875. The van der Waals surface area contributed by atoms with E-state index in [4.69, 9.17) is 9.47 Å². The standard InChI is InChI=1S/C26H32F3N3O4/c27-26(28,29)20-3-1-2-19(12-20)14-32-15-21(33)16-35-17-24-23(32)5-4-22(36-24)13-25(34)31-11-8-18-6-9-30-10-7-18/h1-3,6-7,9-10,12,21-24,33H,4-5,8,11,13-17H2,(H,31,34)/t21-,22-,23+,24-/m0/s1. The molecule has 1 aromatic carbocycles. The van der Waals surface area contributed by atoms with Crippen molar-refractivity contribution in [1.82, 2.24) is 15.2 Å². The number of halogens is 3. The van der Waals surface area contributed by atoms with Crippen LogP contribution in [0.5, 0.6) is 0 Å². The van der Waals surface area contributed by atoms with E-state index in [1.54, 1.807) is 18.5 Å². The number of fused-ring (bicyclic) bond motifs is 1. The Bertz CT molecular complexity index is 992. The second-order valence-electron chi connectivity index (χ2n) is 9.42. The number of aliphatic hydroxyl groups excluding tert-OH is 1. The van der Waals surface area contributed by atoms with E-state index in [0.29, 0.717) is 31.4 Å². The molecular formula is C26H32F3N3O4. The summed E-state index contributed by atoms with van der Waals surface area (Å²) >= 11 is 0. The van der Waals surface area contributed by atoms with Crippen LogP contribution in [0.2, 0.25) is 0 Å². The van der Waals surface area contributed by atoms with Crippen molar-refractivity contribution in [3.63, 3.8) is 0 Å². The molecule has 0 unspecified atom stereocenters. The highest BCUT2D eigenvalue weighted by Gasteiger charge is 2.38. The van der Waals surface area contributed by atoms with Crippen molar-refractivity contribution in [3.05, 3.63) is 65.5 Å². The Morgan fingerprint density at radius 3 is 2.72 bits per heavy atom. The van der Waals surface area contributed by atoms with Gasteiger partial charge in [-0.25, -0.2) is 0 Å². The molecule has 2 fully saturated rings. The SMILES string of the molecule is O=C(C[C@@H]1CC[C@@H]2[C@H](COC[C@@H](O)CN2Cc2cccc(C(F)(F)F)c2)O1)NCCc1ccncc1. The zero-order chi connectivity index (χ0) is 25.5. The molecule has 2 aromatic rings. The number of nitrogens with zero attached hydrogens (tertiary/aromatic N) is 2. The molecule has 4 atom stereocenters. The Labute approximate surface area is 208 Å². The topological polar surface area (TPSA) is 83.9 Å². The van der Waals surface area contributed by atoms with Crippen LogP contribution in [-0.4, -0.2) is 71.6 Å². The molecule has 2 aliphatic heterocycles. The van der Waals surface area contributed by atoms with Crippen molar-refractivity contribution in [2.45, 2.75) is 62.8 Å². The number of hydrogen-bond donors (Lipinski definition) is 2. The van der Waals surface area contributed by atoms with Gasteiger partial charge in [-0.15, -0.1) is 0 Å². The van der Waals surface area contributed by atoms with E-state index < -0.39 is 17.8 Å². The highest BCUT2D eigenvalue weighted by atomic mass is 19.4. The van der Waals surface area contributed by atoms with Crippen LogP contribution in [0.3, 0.4) is 0 Å². The number of amides is 1. The Kier molecular flexibility index (Phi) is 8.95. The van der Waals surface area contributed by atoms with Crippen molar-refractivity contribution < 1.29 is 32.5 Å². The Morgan fingerprint density at radius 2 is 1.94 bits per heavy atom. The lowest BCUT2D eigenvalue weighted by atomic mass is 9.94. The zero-order valence-corrected chi connectivity index (χ0v) is 20.0. The summed E-state index contributed by atoms with van der Waals surface area (Å²) < 4.78 is 51.4. The third kappa shape index (κ3) is 7.49. The molecule has 2 saturated heterocycles. The van der Waals surface area contributed by atoms with Crippen molar-refractivity contribution in [2.24, 2.45) is 0 Å². The molecule has 0 radical (unpaired) electrons. The maximum absolute atomic E-state index is 13.2. The number of ether oxygens (including phenoxy) is 2. The normalized spacial score (nSPS) is 25.4. The fourth-order valence-corrected chi connectivity index (χ4v) is 4.88. The predicted octanol–water partition coefficient (Wildman–Crippen LogP) is 2.96. The lowest BCUT2D eigenvalue weighted by Crippen LogP contribution is -2.55. The summed E-state index contributed by atoms with van der Waals surface area (Å²) in [5.41, 5.74) is 0.923. The Balaban J connectivity index is 1.34. The second-order valence-corrected chi connectivity index (χ2v) is 9.42. The number of alkyl halides is 3. The fraction of sp³-hybridized carbons (Fsp3) is 0.538. The molecule has 196 valence electrons. The smallest absolute Gasteiger partial charge is 0.389 e. The first-order valence-corrected chi connectivity index (χ1v) is 12.2. The van der Waals surface area contributed by atoms with E-state index in [9.17, 15) is 23.1 Å². The number of hydrogen-bond acceptors (Lipinski definition) is 6. The van der Waals surface area contributed by atoms with Gasteiger partial charge in [-0.2, -0.15) is 13.2 Å². The van der Waals surface area contributed by atoms with Gasteiger partial charge in [0.05, 0.1) is 43.5 Å². The average Bonchev–Trinajstić information content (AvgIpc) is 2.83. The van der Waals surface area contributed by atoms with Gasteiger partial charge >= 0.3 is 6.18 Å². The van der Waals surface area contributed by atoms with Gasteiger partial charge in [0.2, 0.25) is 5.91 Å². The van der Waals surface area contributed by atoms with E-state index in [1.165, 1.54) is 6.07 Å². The number of carbonyl (C=O) groups is 1. The van der Waals surface area contributed by atoms with E-state index >= 15 is 0 Å². The highest BCUT2D eigenvalue weighted by Crippen LogP contribution is 2.32. The first-order chi connectivity index (χ1) is 17.3. The highest BCUT2D eigenvalue weighted by molar-refractivity contribution is 5.76. The molecule has 0 bridgehead atoms. The molecule has 4 rings (SSSR count). The molecule has 2 N–H and O–H groups in total. The van der Waals surface area contributed by atoms with Crippen LogP contribution in [0.1, 0.15) is 36.0 Å². The molecule has 0 spiro atoms. The van der Waals surface area contributed by atoms with Crippen LogP contribution in [0, 0.1) is 0 Å². The second kappa shape index (κ2) is 12.1. The molecule has 0 saturated carbocycles. The number of carbonyl (C=O) groups excluding carboxylic acids is 1. The summed E-state index contributed by atoms with van der Waals surface area (Å²) in [6.45, 7) is 1.41. The summed E-state index contributed by atoms with van der Waals surface area (Å²) in [6, 6.07) is 8.95. The lowest BCUT2D eigenvalue weighted by molar-refractivity contribution is -0.158. The molecule has 10 heteroatoms. The van der Waals surface area contributed by atoms with Crippen molar-refractivity contribution in [2.75, 3.05) is 26.3 Å². The number of benzene rings is 1. The summed E-state index contributed by atoms with van der Waals surface area (Å²) in [7, 11) is 0. The van der Waals surface area contributed by atoms with Crippen LogP contribution in [0.4, 0.5) is 13.2 Å². The van der Waals surface area contributed by atoms with Crippen molar-refractivity contribution in [1.29, 1.82) is 0 Å². The number of rotatable bonds is 7. The largest absolute Gasteiger partial charge is 0.416 e. The van der Waals surface area contributed by atoms with Gasteiger partial charge in [0.15, 0.2) is 0 Å². The monoisotopic (exact) mass is 507 g/mol. The molecule has 7 nitrogen and oxygen atoms in total. The molecule has 1 amide bonds. The third-order valence-electron chi connectivity index (χ3n) is 6.63. The van der Waals surface area contributed by atoms with E-state index in [1.807, 2.05) is 17.0 Å². The molecule has 3 heterocycles. The number of pyridine rings is 1. The van der Waals surface area contributed by atoms with Crippen molar-refractivity contribution in [3.8, 4) is 0 Å². The Morgan fingerprint density at radius 1 is 1.14 bits per heavy atom. The minimum atomic E-state index is -4.41. The van der Waals surface area contributed by atoms with E-state index in [0.717, 1.165) is 17.7 Å². The quantitative estimate of drug-likeness (QED) is 0.600. The first kappa shape index (κ1) is 26.5. The van der Waals surface area contributed by atoms with Gasteiger partial charge in [-0.1, -0.05) is 18.2 Å². The molecule has 2 aliphatic rings. The van der Waals surface area contributed by atoms with Gasteiger partial charge in [-0.05, 0) is 48.6 Å². The average molecular weight is 508 g/mol. The first-order valence-electron chi connectivity index (χ1n) is 12.2. The van der Waals surface area contributed by atoms with Gasteiger partial charge < -0.3 is 19.9 Å². The van der Waals surface area contributed by atoms with Crippen LogP contribution >= 0.6 is 0 Å². The van der Waals surface area contributed by atoms with Gasteiger partial charge in [0.1, 0.15) is 0 Å². The van der Waals surface area contributed by atoms with Crippen LogP contribution in [0.25, 0.3) is 0 Å². The van der Waals surface area contributed by atoms with E-state index in [2.05, 4.69) is 10.3 Å². The fourth-order valence-electron chi connectivity index (χ4n) is 4.88.